The Bertz CT molecular complexity index is 244. The topological polar surface area (TPSA) is 25.2 Å². The maximum atomic E-state index is 5.45. The molecule has 2 nitrogen and oxygen atoms in total. The first-order valence-electron chi connectivity index (χ1n) is 4.07. The molecule has 0 amide bonds. The summed E-state index contributed by atoms with van der Waals surface area (Å²) in [5.41, 5.74) is 0. The second kappa shape index (κ2) is 4.10. The minimum absolute atomic E-state index is 0.302. The van der Waals surface area contributed by atoms with Gasteiger partial charge in [-0.3, -0.25) is 0 Å². The predicted molar refractivity (Wildman–Crippen MR) is 53.0 cm³/mol. The summed E-state index contributed by atoms with van der Waals surface area (Å²) in [6, 6.07) is 4.21. The van der Waals surface area contributed by atoms with Crippen LogP contribution in [0.1, 0.15) is 25.6 Å². The zero-order valence-electron chi connectivity index (χ0n) is 7.60. The molecule has 1 aromatic rings. The Morgan fingerprint density at radius 1 is 1.42 bits per heavy atom. The summed E-state index contributed by atoms with van der Waals surface area (Å²) in [7, 11) is 1.95. The maximum absolute atomic E-state index is 5.45. The molecule has 1 aromatic heterocycles. The molecule has 0 fully saturated rings. The molecule has 1 unspecified atom stereocenters. The molecule has 0 saturated heterocycles. The van der Waals surface area contributed by atoms with Crippen LogP contribution in [-0.4, -0.2) is 7.05 Å². The van der Waals surface area contributed by atoms with E-state index in [4.69, 9.17) is 4.42 Å². The Morgan fingerprint density at radius 2 is 2.08 bits per heavy atom. The lowest BCUT2D eigenvalue weighted by Gasteiger charge is -2.16. The van der Waals surface area contributed by atoms with Gasteiger partial charge in [0, 0.05) is 0 Å². The van der Waals surface area contributed by atoms with Crippen molar-refractivity contribution in [2.75, 3.05) is 7.05 Å². The average molecular weight is 232 g/mol. The number of hydrogen-bond acceptors (Lipinski definition) is 2. The van der Waals surface area contributed by atoms with Crippen LogP contribution in [0.3, 0.4) is 0 Å². The highest BCUT2D eigenvalue weighted by molar-refractivity contribution is 9.10. The van der Waals surface area contributed by atoms with Gasteiger partial charge in [-0.1, -0.05) is 13.8 Å². The van der Waals surface area contributed by atoms with Crippen molar-refractivity contribution in [1.29, 1.82) is 0 Å². The van der Waals surface area contributed by atoms with E-state index in [0.29, 0.717) is 12.0 Å². The first-order chi connectivity index (χ1) is 5.65. The van der Waals surface area contributed by atoms with Gasteiger partial charge in [0.25, 0.3) is 0 Å². The zero-order valence-corrected chi connectivity index (χ0v) is 9.18. The van der Waals surface area contributed by atoms with Crippen LogP contribution >= 0.6 is 15.9 Å². The Kier molecular flexibility index (Phi) is 3.35. The summed E-state index contributed by atoms with van der Waals surface area (Å²) in [5.74, 6) is 1.52. The highest BCUT2D eigenvalue weighted by atomic mass is 79.9. The first-order valence-corrected chi connectivity index (χ1v) is 4.87. The van der Waals surface area contributed by atoms with Crippen molar-refractivity contribution in [3.63, 3.8) is 0 Å². The fourth-order valence-electron chi connectivity index (χ4n) is 1.30. The molecule has 68 valence electrons. The molecule has 0 radical (unpaired) electrons. The summed E-state index contributed by atoms with van der Waals surface area (Å²) in [4.78, 5) is 0. The van der Waals surface area contributed by atoms with Gasteiger partial charge in [-0.05, 0) is 41.0 Å². The van der Waals surface area contributed by atoms with Crippen molar-refractivity contribution in [2.45, 2.75) is 19.9 Å². The summed E-state index contributed by atoms with van der Waals surface area (Å²) < 4.78 is 6.24. The summed E-state index contributed by atoms with van der Waals surface area (Å²) >= 11 is 3.28. The lowest BCUT2D eigenvalue weighted by Crippen LogP contribution is -2.20. The number of hydrogen-bond donors (Lipinski definition) is 1. The van der Waals surface area contributed by atoms with Gasteiger partial charge in [-0.15, -0.1) is 0 Å². The molecule has 12 heavy (non-hydrogen) atoms. The van der Waals surface area contributed by atoms with Crippen LogP contribution in [0.5, 0.6) is 0 Å². The number of furan rings is 1. The number of rotatable bonds is 3. The van der Waals surface area contributed by atoms with Gasteiger partial charge >= 0.3 is 0 Å². The average Bonchev–Trinajstić information content (AvgIpc) is 2.37. The van der Waals surface area contributed by atoms with E-state index in [9.17, 15) is 0 Å². The van der Waals surface area contributed by atoms with Crippen LogP contribution in [0.15, 0.2) is 21.2 Å². The molecule has 1 N–H and O–H groups in total. The molecule has 0 aliphatic rings. The Morgan fingerprint density at radius 3 is 2.42 bits per heavy atom. The minimum Gasteiger partial charge on any atom is -0.453 e. The van der Waals surface area contributed by atoms with Crippen LogP contribution in [0.25, 0.3) is 0 Å². The highest BCUT2D eigenvalue weighted by Crippen LogP contribution is 2.25. The third-order valence-electron chi connectivity index (χ3n) is 1.88. The van der Waals surface area contributed by atoms with E-state index < -0.39 is 0 Å². The number of halogens is 1. The van der Waals surface area contributed by atoms with Gasteiger partial charge < -0.3 is 9.73 Å². The Balaban J connectivity index is 2.80. The molecular weight excluding hydrogens is 218 g/mol. The van der Waals surface area contributed by atoms with E-state index >= 15 is 0 Å². The molecule has 0 aliphatic heterocycles. The molecule has 0 bridgehead atoms. The van der Waals surface area contributed by atoms with Gasteiger partial charge in [0.15, 0.2) is 4.67 Å². The van der Waals surface area contributed by atoms with Crippen molar-refractivity contribution in [3.8, 4) is 0 Å². The second-order valence-corrected chi connectivity index (χ2v) is 3.93. The lowest BCUT2D eigenvalue weighted by molar-refractivity contribution is 0.353. The van der Waals surface area contributed by atoms with E-state index in [-0.39, 0.29) is 0 Å². The third kappa shape index (κ3) is 2.11. The molecule has 0 saturated carbocycles. The monoisotopic (exact) mass is 231 g/mol. The van der Waals surface area contributed by atoms with E-state index in [2.05, 4.69) is 35.1 Å². The Labute approximate surface area is 81.5 Å². The molecule has 0 spiro atoms. The zero-order chi connectivity index (χ0) is 9.14. The molecular formula is C9H14BrNO. The minimum atomic E-state index is 0.302. The van der Waals surface area contributed by atoms with Crippen LogP contribution in [-0.2, 0) is 0 Å². The quantitative estimate of drug-likeness (QED) is 0.866. The molecule has 1 heterocycles. The normalized spacial score (nSPS) is 13.8. The summed E-state index contributed by atoms with van der Waals surface area (Å²) in [5, 5.41) is 3.22. The van der Waals surface area contributed by atoms with Gasteiger partial charge in [0.05, 0.1) is 6.04 Å². The fourth-order valence-corrected chi connectivity index (χ4v) is 1.62. The van der Waals surface area contributed by atoms with E-state index in [1.54, 1.807) is 0 Å². The van der Waals surface area contributed by atoms with Crippen LogP contribution in [0.4, 0.5) is 0 Å². The van der Waals surface area contributed by atoms with Crippen molar-refractivity contribution >= 4 is 15.9 Å². The van der Waals surface area contributed by atoms with Crippen molar-refractivity contribution in [3.05, 3.63) is 22.6 Å². The van der Waals surface area contributed by atoms with Crippen molar-refractivity contribution in [1.82, 2.24) is 5.32 Å². The largest absolute Gasteiger partial charge is 0.453 e. The van der Waals surface area contributed by atoms with Crippen molar-refractivity contribution in [2.24, 2.45) is 5.92 Å². The van der Waals surface area contributed by atoms with E-state index in [0.717, 1.165) is 10.4 Å². The Hall–Kier alpha value is -0.280. The molecule has 3 heteroatoms. The molecule has 1 atom stereocenters. The molecule has 0 aromatic carbocycles. The predicted octanol–water partition coefficient (Wildman–Crippen LogP) is 2.96. The van der Waals surface area contributed by atoms with Crippen molar-refractivity contribution < 1.29 is 4.42 Å². The smallest absolute Gasteiger partial charge is 0.169 e. The standard InChI is InChI=1S/C9H14BrNO/c1-6(2)9(11-3)7-4-5-8(10)12-7/h4-6,9,11H,1-3H3. The maximum Gasteiger partial charge on any atom is 0.169 e. The summed E-state index contributed by atoms with van der Waals surface area (Å²) in [6.07, 6.45) is 0. The van der Waals surface area contributed by atoms with Crippen LogP contribution < -0.4 is 5.32 Å². The van der Waals surface area contributed by atoms with Crippen LogP contribution in [0.2, 0.25) is 0 Å². The van der Waals surface area contributed by atoms with Crippen LogP contribution in [0, 0.1) is 5.92 Å². The third-order valence-corrected chi connectivity index (χ3v) is 2.30. The molecule has 1 rings (SSSR count). The van der Waals surface area contributed by atoms with Gasteiger partial charge in [0.2, 0.25) is 0 Å². The summed E-state index contributed by atoms with van der Waals surface area (Å²) in [6.45, 7) is 4.33. The van der Waals surface area contributed by atoms with E-state index in [1.807, 2.05) is 19.2 Å². The second-order valence-electron chi connectivity index (χ2n) is 3.15. The molecule has 0 aliphatic carbocycles. The lowest BCUT2D eigenvalue weighted by atomic mass is 10.0. The number of nitrogens with one attached hydrogen (secondary N) is 1. The fraction of sp³-hybridized carbons (Fsp3) is 0.556. The first kappa shape index (κ1) is 9.81. The van der Waals surface area contributed by atoms with E-state index in [1.165, 1.54) is 0 Å². The SMILES string of the molecule is CNC(c1ccc(Br)o1)C(C)C. The van der Waals surface area contributed by atoms with Gasteiger partial charge in [0.1, 0.15) is 5.76 Å². The van der Waals surface area contributed by atoms with Gasteiger partial charge in [-0.25, -0.2) is 0 Å². The highest BCUT2D eigenvalue weighted by Gasteiger charge is 2.16. The van der Waals surface area contributed by atoms with Gasteiger partial charge in [-0.2, -0.15) is 0 Å².